The van der Waals surface area contributed by atoms with Crippen LogP contribution in [0.4, 0.5) is 4.39 Å². The number of unbranched alkanes of at least 4 members (excludes halogenated alkanes) is 9. The van der Waals surface area contributed by atoms with Gasteiger partial charge in [0.1, 0.15) is 11.1 Å². The van der Waals surface area contributed by atoms with Gasteiger partial charge in [0, 0.05) is 20.1 Å². The lowest BCUT2D eigenvalue weighted by Gasteiger charge is -2.09. The molecule has 0 aliphatic heterocycles. The van der Waals surface area contributed by atoms with Gasteiger partial charge in [0.05, 0.1) is 6.61 Å². The minimum atomic E-state index is -0.622. The predicted molar refractivity (Wildman–Crippen MR) is 120 cm³/mol. The Hall–Kier alpha value is -1.88. The molecule has 0 bridgehead atoms. The van der Waals surface area contributed by atoms with E-state index < -0.39 is 11.4 Å². The van der Waals surface area contributed by atoms with E-state index in [-0.39, 0.29) is 11.1 Å². The third-order valence-electron chi connectivity index (χ3n) is 5.41. The Morgan fingerprint density at radius 2 is 1.57 bits per heavy atom. The molecule has 168 valence electrons. The molecule has 0 aliphatic carbocycles. The van der Waals surface area contributed by atoms with Crippen molar-refractivity contribution < 1.29 is 18.3 Å². The number of methoxy groups -OCH3 is 1. The number of ether oxygens (including phenoxy) is 2. The molecule has 1 aromatic heterocycles. The van der Waals surface area contributed by atoms with Gasteiger partial charge in [-0.05, 0) is 43.2 Å². The van der Waals surface area contributed by atoms with Crippen LogP contribution in [0, 0.1) is 5.82 Å². The maximum absolute atomic E-state index is 14.8. The average molecular weight is 421 g/mol. The van der Waals surface area contributed by atoms with Gasteiger partial charge in [-0.3, -0.25) is 0 Å². The first-order valence-corrected chi connectivity index (χ1v) is 11.5. The molecule has 0 radical (unpaired) electrons. The second-order valence-electron chi connectivity index (χ2n) is 7.97. The van der Waals surface area contributed by atoms with Gasteiger partial charge >= 0.3 is 5.63 Å². The lowest BCUT2D eigenvalue weighted by molar-refractivity contribution is 0.191. The highest BCUT2D eigenvalue weighted by molar-refractivity contribution is 5.83. The first-order valence-electron chi connectivity index (χ1n) is 11.5. The molecule has 0 amide bonds. The van der Waals surface area contributed by atoms with Gasteiger partial charge in [-0.25, -0.2) is 9.18 Å². The Morgan fingerprint density at radius 3 is 2.30 bits per heavy atom. The van der Waals surface area contributed by atoms with Crippen molar-refractivity contribution in [2.45, 2.75) is 84.0 Å². The van der Waals surface area contributed by atoms with Crippen molar-refractivity contribution in [1.82, 2.24) is 0 Å². The lowest BCUT2D eigenvalue weighted by atomic mass is 10.1. The Kier molecular flexibility index (Phi) is 11.5. The number of benzene rings is 1. The molecule has 0 spiro atoms. The van der Waals surface area contributed by atoms with Crippen molar-refractivity contribution >= 4 is 10.8 Å². The largest absolute Gasteiger partial charge is 0.490 e. The van der Waals surface area contributed by atoms with E-state index in [2.05, 4.69) is 6.92 Å². The van der Waals surface area contributed by atoms with Crippen molar-refractivity contribution in [3.63, 3.8) is 0 Å². The highest BCUT2D eigenvalue weighted by Crippen LogP contribution is 2.25. The van der Waals surface area contributed by atoms with Crippen molar-refractivity contribution in [2.75, 3.05) is 20.3 Å². The molecule has 5 heteroatoms. The zero-order chi connectivity index (χ0) is 21.6. The van der Waals surface area contributed by atoms with E-state index >= 15 is 0 Å². The molecule has 1 heterocycles. The number of hydrogen-bond acceptors (Lipinski definition) is 4. The van der Waals surface area contributed by atoms with Crippen molar-refractivity contribution in [1.29, 1.82) is 0 Å². The van der Waals surface area contributed by atoms with Crippen LogP contribution in [0.1, 0.15) is 83.3 Å². The van der Waals surface area contributed by atoms with Gasteiger partial charge in [-0.1, -0.05) is 57.9 Å². The minimum Gasteiger partial charge on any atom is -0.490 e. The molecule has 0 unspecified atom stereocenters. The lowest BCUT2D eigenvalue weighted by Crippen LogP contribution is -2.07. The molecule has 30 heavy (non-hydrogen) atoms. The molecule has 0 fully saturated rings. The highest BCUT2D eigenvalue weighted by atomic mass is 19.1. The predicted octanol–water partition coefficient (Wildman–Crippen LogP) is 6.81. The van der Waals surface area contributed by atoms with Gasteiger partial charge in [-0.15, -0.1) is 0 Å². The normalized spacial score (nSPS) is 11.3. The summed E-state index contributed by atoms with van der Waals surface area (Å²) < 4.78 is 30.8. The molecule has 2 aromatic rings. The van der Waals surface area contributed by atoms with Gasteiger partial charge in [0.15, 0.2) is 11.6 Å². The molecular weight excluding hydrogens is 383 g/mol. The van der Waals surface area contributed by atoms with E-state index in [1.165, 1.54) is 32.1 Å². The van der Waals surface area contributed by atoms with Crippen LogP contribution in [0.15, 0.2) is 27.4 Å². The fraction of sp³-hybridized carbons (Fsp3) is 0.640. The van der Waals surface area contributed by atoms with Crippen LogP contribution in [0.5, 0.6) is 5.75 Å². The van der Waals surface area contributed by atoms with Gasteiger partial charge in [0.2, 0.25) is 0 Å². The minimum absolute atomic E-state index is 0.0177. The summed E-state index contributed by atoms with van der Waals surface area (Å²) in [6.45, 7) is 3.40. The van der Waals surface area contributed by atoms with E-state index in [4.69, 9.17) is 13.9 Å². The molecule has 0 atom stereocenters. The Labute approximate surface area is 179 Å². The fourth-order valence-corrected chi connectivity index (χ4v) is 3.65. The van der Waals surface area contributed by atoms with Crippen LogP contribution in [0.3, 0.4) is 0 Å². The third kappa shape index (κ3) is 8.10. The molecule has 0 saturated heterocycles. The smallest absolute Gasteiger partial charge is 0.346 e. The molecular formula is C25H37FO4. The Bertz CT molecular complexity index is 800. The molecule has 0 N–H and O–H groups in total. The van der Waals surface area contributed by atoms with Crippen LogP contribution < -0.4 is 10.4 Å². The van der Waals surface area contributed by atoms with Gasteiger partial charge in [0.25, 0.3) is 0 Å². The first kappa shape index (κ1) is 24.4. The maximum Gasteiger partial charge on any atom is 0.346 e. The SMILES string of the molecule is CCCCCCCCCc1cc2ccc(OCCCCCCOC)c(F)c2c(=O)o1. The standard InChI is InChI=1S/C25H37FO4/c1-3-4-5-6-7-8-11-14-21-19-20-15-16-22(24(26)23(20)25(27)30-21)29-18-13-10-9-12-17-28-2/h15-16,19H,3-14,17-18H2,1-2H3. The molecule has 1 aromatic carbocycles. The van der Waals surface area contributed by atoms with Crippen LogP contribution >= 0.6 is 0 Å². The van der Waals surface area contributed by atoms with Crippen molar-refractivity contribution in [2.24, 2.45) is 0 Å². The van der Waals surface area contributed by atoms with E-state index in [1.54, 1.807) is 25.3 Å². The number of rotatable bonds is 16. The van der Waals surface area contributed by atoms with Crippen molar-refractivity contribution in [3.05, 3.63) is 40.2 Å². The summed E-state index contributed by atoms with van der Waals surface area (Å²) in [6.07, 6.45) is 13.0. The highest BCUT2D eigenvalue weighted by Gasteiger charge is 2.14. The topological polar surface area (TPSA) is 48.7 Å². The summed E-state index contributed by atoms with van der Waals surface area (Å²) in [5.74, 6) is 0.125. The van der Waals surface area contributed by atoms with E-state index in [0.717, 1.165) is 45.1 Å². The van der Waals surface area contributed by atoms with Crippen LogP contribution in [0.2, 0.25) is 0 Å². The van der Waals surface area contributed by atoms with E-state index in [0.29, 0.717) is 24.2 Å². The number of hydrogen-bond donors (Lipinski definition) is 0. The quantitative estimate of drug-likeness (QED) is 0.280. The Morgan fingerprint density at radius 1 is 0.900 bits per heavy atom. The second kappa shape index (κ2) is 14.2. The summed E-state index contributed by atoms with van der Waals surface area (Å²) in [5, 5.41) is 0.560. The van der Waals surface area contributed by atoms with Crippen molar-refractivity contribution in [3.8, 4) is 5.75 Å². The summed E-state index contributed by atoms with van der Waals surface area (Å²) in [4.78, 5) is 12.4. The average Bonchev–Trinajstić information content (AvgIpc) is 2.73. The third-order valence-corrected chi connectivity index (χ3v) is 5.41. The summed E-state index contributed by atoms with van der Waals surface area (Å²) in [6, 6.07) is 5.15. The number of aryl methyl sites for hydroxylation is 1. The molecule has 2 rings (SSSR count). The number of fused-ring (bicyclic) bond motifs is 1. The maximum atomic E-state index is 14.8. The van der Waals surface area contributed by atoms with Gasteiger partial charge < -0.3 is 13.9 Å². The van der Waals surface area contributed by atoms with Gasteiger partial charge in [-0.2, -0.15) is 0 Å². The van der Waals surface area contributed by atoms with Crippen LogP contribution in [-0.2, 0) is 11.2 Å². The summed E-state index contributed by atoms with van der Waals surface area (Å²) in [5.41, 5.74) is -0.618. The Balaban J connectivity index is 1.87. The molecule has 4 nitrogen and oxygen atoms in total. The van der Waals surface area contributed by atoms with E-state index in [9.17, 15) is 9.18 Å². The molecule has 0 aliphatic rings. The monoisotopic (exact) mass is 420 g/mol. The fourth-order valence-electron chi connectivity index (χ4n) is 3.65. The van der Waals surface area contributed by atoms with Crippen LogP contribution in [-0.4, -0.2) is 20.3 Å². The van der Waals surface area contributed by atoms with E-state index in [1.807, 2.05) is 0 Å². The zero-order valence-corrected chi connectivity index (χ0v) is 18.6. The second-order valence-corrected chi connectivity index (χ2v) is 7.97. The summed E-state index contributed by atoms with van der Waals surface area (Å²) in [7, 11) is 1.70. The zero-order valence-electron chi connectivity index (χ0n) is 18.6. The van der Waals surface area contributed by atoms with Crippen LogP contribution in [0.25, 0.3) is 10.8 Å². The first-order chi connectivity index (χ1) is 14.7. The summed E-state index contributed by atoms with van der Waals surface area (Å²) >= 11 is 0. The molecule has 0 saturated carbocycles. The number of halogens is 1.